The lowest BCUT2D eigenvalue weighted by atomic mass is 10.1. The Bertz CT molecular complexity index is 583. The molecule has 2 aromatic rings. The molecular formula is C15H24N4S. The number of nitrogens with one attached hydrogen (secondary N) is 1. The van der Waals surface area contributed by atoms with Crippen molar-refractivity contribution in [3.63, 3.8) is 0 Å². The van der Waals surface area contributed by atoms with Gasteiger partial charge in [-0.1, -0.05) is 20.8 Å². The van der Waals surface area contributed by atoms with E-state index in [-0.39, 0.29) is 6.04 Å². The van der Waals surface area contributed by atoms with Crippen LogP contribution in [0.4, 0.5) is 0 Å². The maximum absolute atomic E-state index is 4.82. The summed E-state index contributed by atoms with van der Waals surface area (Å²) in [6, 6.07) is 0.145. The molecule has 1 atom stereocenters. The monoisotopic (exact) mass is 292 g/mol. The molecule has 0 spiro atoms. The molecule has 0 aliphatic rings. The van der Waals surface area contributed by atoms with Gasteiger partial charge >= 0.3 is 0 Å². The van der Waals surface area contributed by atoms with Crippen molar-refractivity contribution < 1.29 is 0 Å². The van der Waals surface area contributed by atoms with E-state index in [9.17, 15) is 0 Å². The van der Waals surface area contributed by atoms with Gasteiger partial charge in [0.1, 0.15) is 5.01 Å². The largest absolute Gasteiger partial charge is 0.304 e. The fourth-order valence-electron chi connectivity index (χ4n) is 2.42. The lowest BCUT2D eigenvalue weighted by Gasteiger charge is -2.16. The minimum atomic E-state index is 0.145. The maximum Gasteiger partial charge on any atom is 0.115 e. The van der Waals surface area contributed by atoms with Gasteiger partial charge in [0.2, 0.25) is 0 Å². The summed E-state index contributed by atoms with van der Waals surface area (Å²) in [5.74, 6) is 0.471. The highest BCUT2D eigenvalue weighted by atomic mass is 32.1. The summed E-state index contributed by atoms with van der Waals surface area (Å²) in [6.45, 7) is 11.6. The van der Waals surface area contributed by atoms with Crippen LogP contribution in [-0.4, -0.2) is 21.3 Å². The third-order valence-electron chi connectivity index (χ3n) is 3.64. The SMILES string of the molecule is CCNC(c1nc(C(C)C)cs1)c1c(C)nn(C)c1C. The molecule has 4 nitrogen and oxygen atoms in total. The fourth-order valence-corrected chi connectivity index (χ4v) is 3.48. The van der Waals surface area contributed by atoms with Crippen LogP contribution in [0.3, 0.4) is 0 Å². The van der Waals surface area contributed by atoms with Crippen LogP contribution in [-0.2, 0) is 7.05 Å². The highest BCUT2D eigenvalue weighted by Gasteiger charge is 2.24. The number of nitrogens with zero attached hydrogens (tertiary/aromatic N) is 3. The number of aryl methyl sites for hydroxylation is 2. The van der Waals surface area contributed by atoms with E-state index in [0.29, 0.717) is 5.92 Å². The summed E-state index contributed by atoms with van der Waals surface area (Å²) in [5, 5.41) is 11.4. The van der Waals surface area contributed by atoms with Crippen LogP contribution in [0.15, 0.2) is 5.38 Å². The van der Waals surface area contributed by atoms with Crippen LogP contribution in [0, 0.1) is 13.8 Å². The van der Waals surface area contributed by atoms with Gasteiger partial charge in [-0.05, 0) is 26.3 Å². The van der Waals surface area contributed by atoms with E-state index in [1.165, 1.54) is 17.0 Å². The number of hydrogen-bond acceptors (Lipinski definition) is 4. The van der Waals surface area contributed by atoms with E-state index >= 15 is 0 Å². The quantitative estimate of drug-likeness (QED) is 0.919. The standard InChI is InChI=1S/C15H24N4S/c1-7-16-14(13-10(4)18-19(6)11(13)5)15-17-12(8-20-15)9(2)3/h8-9,14,16H,7H2,1-6H3. The molecule has 0 aromatic carbocycles. The molecule has 0 saturated heterocycles. The Hall–Kier alpha value is -1.20. The van der Waals surface area contributed by atoms with Gasteiger partial charge in [-0.25, -0.2) is 4.98 Å². The Balaban J connectivity index is 2.44. The van der Waals surface area contributed by atoms with E-state index in [2.05, 4.69) is 50.4 Å². The van der Waals surface area contributed by atoms with Crippen LogP contribution in [0.25, 0.3) is 0 Å². The number of rotatable bonds is 5. The van der Waals surface area contributed by atoms with Crippen molar-refractivity contribution in [3.8, 4) is 0 Å². The third-order valence-corrected chi connectivity index (χ3v) is 4.57. The molecule has 5 heteroatoms. The average Bonchev–Trinajstić information content (AvgIpc) is 2.95. The summed E-state index contributed by atoms with van der Waals surface area (Å²) in [7, 11) is 2.00. The van der Waals surface area contributed by atoms with Gasteiger partial charge in [0, 0.05) is 23.7 Å². The molecule has 2 rings (SSSR count). The molecule has 0 fully saturated rings. The Morgan fingerprint density at radius 3 is 2.50 bits per heavy atom. The Labute approximate surface area is 125 Å². The number of aromatic nitrogens is 3. The van der Waals surface area contributed by atoms with Crippen LogP contribution in [0.1, 0.15) is 60.4 Å². The Kier molecular flexibility index (Phi) is 4.60. The average molecular weight is 292 g/mol. The van der Waals surface area contributed by atoms with Crippen molar-refractivity contribution in [1.29, 1.82) is 0 Å². The number of thiazole rings is 1. The molecule has 20 heavy (non-hydrogen) atoms. The summed E-state index contributed by atoms with van der Waals surface area (Å²) in [5.41, 5.74) is 4.72. The van der Waals surface area contributed by atoms with Crippen molar-refractivity contribution in [1.82, 2.24) is 20.1 Å². The van der Waals surface area contributed by atoms with Gasteiger partial charge in [-0.2, -0.15) is 5.10 Å². The lowest BCUT2D eigenvalue weighted by Crippen LogP contribution is -2.23. The van der Waals surface area contributed by atoms with Crippen molar-refractivity contribution in [3.05, 3.63) is 33.0 Å². The molecule has 1 unspecified atom stereocenters. The van der Waals surface area contributed by atoms with Crippen LogP contribution < -0.4 is 5.32 Å². The summed E-state index contributed by atoms with van der Waals surface area (Å²) < 4.78 is 1.95. The molecule has 0 saturated carbocycles. The predicted molar refractivity (Wildman–Crippen MR) is 84.4 cm³/mol. The molecule has 110 valence electrons. The molecule has 0 aliphatic heterocycles. The van der Waals surface area contributed by atoms with Gasteiger partial charge in [0.15, 0.2) is 0 Å². The fraction of sp³-hybridized carbons (Fsp3) is 0.600. The minimum absolute atomic E-state index is 0.145. The van der Waals surface area contributed by atoms with Gasteiger partial charge in [-0.3, -0.25) is 4.68 Å². The van der Waals surface area contributed by atoms with Crippen LogP contribution >= 0.6 is 11.3 Å². The molecule has 0 aliphatic carbocycles. The highest BCUT2D eigenvalue weighted by Crippen LogP contribution is 2.30. The van der Waals surface area contributed by atoms with Gasteiger partial charge < -0.3 is 5.32 Å². The first-order chi connectivity index (χ1) is 9.45. The van der Waals surface area contributed by atoms with Gasteiger partial charge in [0.05, 0.1) is 17.4 Å². The molecule has 1 N–H and O–H groups in total. The minimum Gasteiger partial charge on any atom is -0.304 e. The highest BCUT2D eigenvalue weighted by molar-refractivity contribution is 7.09. The second-order valence-corrected chi connectivity index (χ2v) is 6.35. The molecule has 2 aromatic heterocycles. The first-order valence-corrected chi connectivity index (χ1v) is 8.02. The molecule has 2 heterocycles. The predicted octanol–water partition coefficient (Wildman–Crippen LogP) is 3.32. The topological polar surface area (TPSA) is 42.7 Å². The molecular weight excluding hydrogens is 268 g/mol. The zero-order valence-electron chi connectivity index (χ0n) is 13.2. The van der Waals surface area contributed by atoms with Crippen molar-refractivity contribution in [2.75, 3.05) is 6.54 Å². The van der Waals surface area contributed by atoms with Gasteiger partial charge in [-0.15, -0.1) is 11.3 Å². The van der Waals surface area contributed by atoms with Crippen molar-refractivity contribution >= 4 is 11.3 Å². The lowest BCUT2D eigenvalue weighted by molar-refractivity contribution is 0.616. The third kappa shape index (κ3) is 2.79. The first-order valence-electron chi connectivity index (χ1n) is 7.14. The number of hydrogen-bond donors (Lipinski definition) is 1. The normalized spacial score (nSPS) is 13.2. The first kappa shape index (κ1) is 15.2. The summed E-state index contributed by atoms with van der Waals surface area (Å²) >= 11 is 1.74. The van der Waals surface area contributed by atoms with Crippen molar-refractivity contribution in [2.45, 2.75) is 46.6 Å². The summed E-state index contributed by atoms with van der Waals surface area (Å²) in [6.07, 6.45) is 0. The molecule has 0 radical (unpaired) electrons. The Morgan fingerprint density at radius 1 is 1.35 bits per heavy atom. The summed E-state index contributed by atoms with van der Waals surface area (Å²) in [4.78, 5) is 4.82. The zero-order chi connectivity index (χ0) is 14.9. The van der Waals surface area contributed by atoms with E-state index in [1.807, 2.05) is 11.7 Å². The van der Waals surface area contributed by atoms with E-state index in [1.54, 1.807) is 11.3 Å². The second-order valence-electron chi connectivity index (χ2n) is 5.46. The van der Waals surface area contributed by atoms with E-state index in [4.69, 9.17) is 4.98 Å². The van der Waals surface area contributed by atoms with Crippen LogP contribution in [0.2, 0.25) is 0 Å². The Morgan fingerprint density at radius 2 is 2.05 bits per heavy atom. The van der Waals surface area contributed by atoms with Crippen LogP contribution in [0.5, 0.6) is 0 Å². The zero-order valence-corrected chi connectivity index (χ0v) is 14.0. The van der Waals surface area contributed by atoms with Crippen molar-refractivity contribution in [2.24, 2.45) is 7.05 Å². The van der Waals surface area contributed by atoms with E-state index in [0.717, 1.165) is 17.2 Å². The van der Waals surface area contributed by atoms with E-state index < -0.39 is 0 Å². The maximum atomic E-state index is 4.82. The second kappa shape index (κ2) is 6.06. The molecule has 0 amide bonds. The smallest absolute Gasteiger partial charge is 0.115 e. The van der Waals surface area contributed by atoms with Gasteiger partial charge in [0.25, 0.3) is 0 Å². The molecule has 0 bridgehead atoms.